The van der Waals surface area contributed by atoms with Crippen LogP contribution in [0.2, 0.25) is 0 Å². The molecule has 0 saturated carbocycles. The number of anilines is 1. The predicted octanol–water partition coefficient (Wildman–Crippen LogP) is 2.32. The lowest BCUT2D eigenvalue weighted by molar-refractivity contribution is 0.0285. The standard InChI is InChI=1S/C17H26N2O3/c18-16-8-4-3-7-15(16)17(20)22-14-13-21-12-11-19-9-5-1-2-6-10-19/h3-4,7-8H,1-2,5-6,9-14,18H2. The Morgan fingerprint density at radius 3 is 2.50 bits per heavy atom. The van der Waals surface area contributed by atoms with Crippen LogP contribution < -0.4 is 5.73 Å². The zero-order valence-electron chi connectivity index (χ0n) is 13.1. The maximum Gasteiger partial charge on any atom is 0.340 e. The Hall–Kier alpha value is -1.59. The summed E-state index contributed by atoms with van der Waals surface area (Å²) >= 11 is 0. The molecule has 1 aromatic carbocycles. The molecule has 0 aliphatic carbocycles. The van der Waals surface area contributed by atoms with Crippen LogP contribution in [0.5, 0.6) is 0 Å². The van der Waals surface area contributed by atoms with E-state index < -0.39 is 5.97 Å². The van der Waals surface area contributed by atoms with Crippen molar-refractivity contribution in [2.24, 2.45) is 0 Å². The van der Waals surface area contributed by atoms with Gasteiger partial charge >= 0.3 is 5.97 Å². The fourth-order valence-corrected chi connectivity index (χ4v) is 2.61. The van der Waals surface area contributed by atoms with E-state index in [2.05, 4.69) is 4.90 Å². The number of likely N-dealkylation sites (tertiary alicyclic amines) is 1. The number of carbonyl (C=O) groups excluding carboxylic acids is 1. The molecule has 1 heterocycles. The van der Waals surface area contributed by atoms with Gasteiger partial charge in [-0.2, -0.15) is 0 Å². The molecule has 0 aromatic heterocycles. The van der Waals surface area contributed by atoms with Crippen molar-refractivity contribution in [3.8, 4) is 0 Å². The summed E-state index contributed by atoms with van der Waals surface area (Å²) in [4.78, 5) is 14.3. The van der Waals surface area contributed by atoms with Crippen molar-refractivity contribution in [3.63, 3.8) is 0 Å². The van der Waals surface area contributed by atoms with Crippen molar-refractivity contribution in [1.82, 2.24) is 4.90 Å². The number of hydrogen-bond acceptors (Lipinski definition) is 5. The second-order valence-electron chi connectivity index (χ2n) is 5.59. The fraction of sp³-hybridized carbons (Fsp3) is 0.588. The summed E-state index contributed by atoms with van der Waals surface area (Å²) in [7, 11) is 0. The van der Waals surface area contributed by atoms with Gasteiger partial charge in [0, 0.05) is 12.2 Å². The quantitative estimate of drug-likeness (QED) is 0.476. The summed E-state index contributed by atoms with van der Waals surface area (Å²) in [6, 6.07) is 6.91. The molecular formula is C17H26N2O3. The average molecular weight is 306 g/mol. The summed E-state index contributed by atoms with van der Waals surface area (Å²) in [5, 5.41) is 0. The number of benzene rings is 1. The van der Waals surface area contributed by atoms with Crippen molar-refractivity contribution in [3.05, 3.63) is 29.8 Å². The van der Waals surface area contributed by atoms with E-state index >= 15 is 0 Å². The van der Waals surface area contributed by atoms with Crippen molar-refractivity contribution in [2.45, 2.75) is 25.7 Å². The molecule has 0 atom stereocenters. The third kappa shape index (κ3) is 5.66. The van der Waals surface area contributed by atoms with Crippen LogP contribution in [-0.2, 0) is 9.47 Å². The van der Waals surface area contributed by atoms with Crippen LogP contribution in [0.4, 0.5) is 5.69 Å². The van der Waals surface area contributed by atoms with E-state index in [1.54, 1.807) is 24.3 Å². The maximum absolute atomic E-state index is 11.8. The minimum absolute atomic E-state index is 0.257. The Kier molecular flexibility index (Phi) is 7.19. The number of nitrogen functional groups attached to an aromatic ring is 1. The number of nitrogens with zero attached hydrogens (tertiary/aromatic N) is 1. The summed E-state index contributed by atoms with van der Waals surface area (Å²) in [5.74, 6) is -0.394. The van der Waals surface area contributed by atoms with E-state index in [0.29, 0.717) is 24.5 Å². The van der Waals surface area contributed by atoms with Crippen LogP contribution in [0, 0.1) is 0 Å². The molecule has 1 aromatic rings. The van der Waals surface area contributed by atoms with Crippen LogP contribution in [0.3, 0.4) is 0 Å². The number of hydrogen-bond donors (Lipinski definition) is 1. The fourth-order valence-electron chi connectivity index (χ4n) is 2.61. The maximum atomic E-state index is 11.8. The minimum atomic E-state index is -0.394. The van der Waals surface area contributed by atoms with Crippen molar-refractivity contribution < 1.29 is 14.3 Å². The molecule has 0 bridgehead atoms. The highest BCUT2D eigenvalue weighted by atomic mass is 16.6. The zero-order chi connectivity index (χ0) is 15.6. The highest BCUT2D eigenvalue weighted by Crippen LogP contribution is 2.11. The molecule has 0 unspecified atom stereocenters. The van der Waals surface area contributed by atoms with Crippen LogP contribution >= 0.6 is 0 Å². The van der Waals surface area contributed by atoms with E-state index in [-0.39, 0.29) is 6.61 Å². The van der Waals surface area contributed by atoms with Crippen molar-refractivity contribution in [1.29, 1.82) is 0 Å². The largest absolute Gasteiger partial charge is 0.460 e. The SMILES string of the molecule is Nc1ccccc1C(=O)OCCOCCN1CCCCCC1. The zero-order valence-corrected chi connectivity index (χ0v) is 13.1. The van der Waals surface area contributed by atoms with Crippen LogP contribution in [0.1, 0.15) is 36.0 Å². The molecule has 1 fully saturated rings. The molecule has 5 heteroatoms. The molecule has 0 amide bonds. The van der Waals surface area contributed by atoms with Gasteiger partial charge in [-0.1, -0.05) is 25.0 Å². The van der Waals surface area contributed by atoms with E-state index in [1.165, 1.54) is 38.8 Å². The molecule has 122 valence electrons. The third-order valence-electron chi connectivity index (χ3n) is 3.89. The number of para-hydroxylation sites is 1. The van der Waals surface area contributed by atoms with Gasteiger partial charge in [0.15, 0.2) is 0 Å². The van der Waals surface area contributed by atoms with Crippen molar-refractivity contribution in [2.75, 3.05) is 45.2 Å². The molecule has 22 heavy (non-hydrogen) atoms. The molecular weight excluding hydrogens is 280 g/mol. The number of esters is 1. The third-order valence-corrected chi connectivity index (χ3v) is 3.89. The molecule has 1 aliphatic heterocycles. The smallest absolute Gasteiger partial charge is 0.340 e. The summed E-state index contributed by atoms with van der Waals surface area (Å²) < 4.78 is 10.7. The monoisotopic (exact) mass is 306 g/mol. The van der Waals surface area contributed by atoms with E-state index in [9.17, 15) is 4.79 Å². The summed E-state index contributed by atoms with van der Waals surface area (Å²) in [6.45, 7) is 4.67. The van der Waals surface area contributed by atoms with Gasteiger partial charge in [0.05, 0.1) is 18.8 Å². The molecule has 1 saturated heterocycles. The Bertz CT molecular complexity index is 457. The molecule has 2 rings (SSSR count). The first-order chi connectivity index (χ1) is 10.8. The lowest BCUT2D eigenvalue weighted by atomic mass is 10.2. The van der Waals surface area contributed by atoms with Gasteiger partial charge in [-0.25, -0.2) is 4.79 Å². The van der Waals surface area contributed by atoms with Crippen molar-refractivity contribution >= 4 is 11.7 Å². The van der Waals surface area contributed by atoms with Gasteiger partial charge in [0.2, 0.25) is 0 Å². The van der Waals surface area contributed by atoms with Gasteiger partial charge in [0.1, 0.15) is 6.61 Å². The summed E-state index contributed by atoms with van der Waals surface area (Å²) in [5.41, 5.74) is 6.58. The highest BCUT2D eigenvalue weighted by Gasteiger charge is 2.10. The first-order valence-electron chi connectivity index (χ1n) is 8.09. The minimum Gasteiger partial charge on any atom is -0.460 e. The Balaban J connectivity index is 1.55. The topological polar surface area (TPSA) is 64.8 Å². The Labute approximate surface area is 132 Å². The van der Waals surface area contributed by atoms with Gasteiger partial charge in [0.25, 0.3) is 0 Å². The summed E-state index contributed by atoms with van der Waals surface area (Å²) in [6.07, 6.45) is 5.26. The first-order valence-corrected chi connectivity index (χ1v) is 8.09. The van der Waals surface area contributed by atoms with E-state index in [4.69, 9.17) is 15.2 Å². The first kappa shape index (κ1) is 16.8. The van der Waals surface area contributed by atoms with Gasteiger partial charge < -0.3 is 20.1 Å². The van der Waals surface area contributed by atoms with E-state index in [1.807, 2.05) is 0 Å². The van der Waals surface area contributed by atoms with Crippen LogP contribution in [0.15, 0.2) is 24.3 Å². The molecule has 1 aliphatic rings. The van der Waals surface area contributed by atoms with Crippen LogP contribution in [0.25, 0.3) is 0 Å². The lowest BCUT2D eigenvalue weighted by Crippen LogP contribution is -2.29. The molecule has 0 radical (unpaired) electrons. The molecule has 2 N–H and O–H groups in total. The number of ether oxygens (including phenoxy) is 2. The normalized spacial score (nSPS) is 16.2. The number of rotatable bonds is 7. The Morgan fingerprint density at radius 1 is 1.05 bits per heavy atom. The van der Waals surface area contributed by atoms with E-state index in [0.717, 1.165) is 6.54 Å². The number of carbonyl (C=O) groups is 1. The Morgan fingerprint density at radius 2 is 1.77 bits per heavy atom. The van der Waals surface area contributed by atoms with Gasteiger partial charge in [-0.05, 0) is 38.1 Å². The number of nitrogens with two attached hydrogens (primary N) is 1. The second-order valence-corrected chi connectivity index (χ2v) is 5.59. The van der Waals surface area contributed by atoms with Gasteiger partial charge in [-0.3, -0.25) is 0 Å². The molecule has 0 spiro atoms. The molecule has 5 nitrogen and oxygen atoms in total. The van der Waals surface area contributed by atoms with Gasteiger partial charge in [-0.15, -0.1) is 0 Å². The highest BCUT2D eigenvalue weighted by molar-refractivity contribution is 5.94. The average Bonchev–Trinajstić information content (AvgIpc) is 2.79. The second kappa shape index (κ2) is 9.43. The lowest BCUT2D eigenvalue weighted by Gasteiger charge is -2.19. The predicted molar refractivity (Wildman–Crippen MR) is 86.9 cm³/mol. The van der Waals surface area contributed by atoms with Crippen LogP contribution in [-0.4, -0.2) is 50.3 Å².